The second kappa shape index (κ2) is 4.94. The fourth-order valence-corrected chi connectivity index (χ4v) is 2.70. The number of aromatic nitrogens is 2. The second-order valence-electron chi connectivity index (χ2n) is 5.41. The molecule has 0 radical (unpaired) electrons. The molecular formula is C13H21N5O. The molecule has 1 aromatic heterocycles. The van der Waals surface area contributed by atoms with Gasteiger partial charge in [0.25, 0.3) is 5.91 Å². The van der Waals surface area contributed by atoms with Gasteiger partial charge in [0.15, 0.2) is 0 Å². The van der Waals surface area contributed by atoms with Gasteiger partial charge in [0.05, 0.1) is 11.8 Å². The number of aryl methyl sites for hydroxylation is 1. The molecule has 0 aliphatic carbocycles. The maximum Gasteiger partial charge on any atom is 0.257 e. The first-order valence-corrected chi connectivity index (χ1v) is 6.89. The summed E-state index contributed by atoms with van der Waals surface area (Å²) in [4.78, 5) is 16.9. The van der Waals surface area contributed by atoms with Gasteiger partial charge in [0.1, 0.15) is 0 Å². The molecule has 19 heavy (non-hydrogen) atoms. The zero-order valence-corrected chi connectivity index (χ0v) is 11.6. The Hall–Kier alpha value is -1.40. The lowest BCUT2D eigenvalue weighted by atomic mass is 10.1. The van der Waals surface area contributed by atoms with Crippen molar-refractivity contribution in [1.82, 2.24) is 24.9 Å². The average Bonchev–Trinajstić information content (AvgIpc) is 2.68. The molecule has 0 atom stereocenters. The van der Waals surface area contributed by atoms with Gasteiger partial charge in [0, 0.05) is 58.1 Å². The van der Waals surface area contributed by atoms with Crippen molar-refractivity contribution in [2.45, 2.75) is 13.0 Å². The van der Waals surface area contributed by atoms with E-state index in [2.05, 4.69) is 15.3 Å². The molecule has 0 aromatic carbocycles. The molecule has 2 fully saturated rings. The van der Waals surface area contributed by atoms with Crippen molar-refractivity contribution >= 4 is 5.91 Å². The van der Waals surface area contributed by atoms with Crippen LogP contribution in [0, 0.1) is 6.92 Å². The van der Waals surface area contributed by atoms with Crippen molar-refractivity contribution in [2.24, 2.45) is 7.05 Å². The van der Waals surface area contributed by atoms with Crippen molar-refractivity contribution in [2.75, 3.05) is 39.3 Å². The zero-order valence-electron chi connectivity index (χ0n) is 11.6. The SMILES string of the molecule is Cc1c(C(=O)N2CCN(C3CNC3)CC2)cnn1C. The lowest BCUT2D eigenvalue weighted by Gasteiger charge is -2.43. The van der Waals surface area contributed by atoms with Gasteiger partial charge < -0.3 is 10.2 Å². The number of amides is 1. The van der Waals surface area contributed by atoms with Gasteiger partial charge in [-0.3, -0.25) is 14.4 Å². The molecule has 3 heterocycles. The highest BCUT2D eigenvalue weighted by Crippen LogP contribution is 2.14. The monoisotopic (exact) mass is 263 g/mol. The third kappa shape index (κ3) is 2.26. The Morgan fingerprint density at radius 1 is 1.32 bits per heavy atom. The van der Waals surface area contributed by atoms with E-state index in [1.165, 1.54) is 0 Å². The predicted molar refractivity (Wildman–Crippen MR) is 72.1 cm³/mol. The molecule has 2 saturated heterocycles. The van der Waals surface area contributed by atoms with Gasteiger partial charge in [-0.1, -0.05) is 0 Å². The number of carbonyl (C=O) groups is 1. The summed E-state index contributed by atoms with van der Waals surface area (Å²) < 4.78 is 1.75. The summed E-state index contributed by atoms with van der Waals surface area (Å²) in [6, 6.07) is 0.678. The van der Waals surface area contributed by atoms with Crippen molar-refractivity contribution in [3.63, 3.8) is 0 Å². The van der Waals surface area contributed by atoms with E-state index in [4.69, 9.17) is 0 Å². The zero-order chi connectivity index (χ0) is 13.4. The molecule has 1 N–H and O–H groups in total. The van der Waals surface area contributed by atoms with Crippen LogP contribution < -0.4 is 5.32 Å². The van der Waals surface area contributed by atoms with Crippen LogP contribution in [0.2, 0.25) is 0 Å². The van der Waals surface area contributed by atoms with Crippen LogP contribution in [0.3, 0.4) is 0 Å². The Balaban J connectivity index is 1.61. The van der Waals surface area contributed by atoms with Crippen LogP contribution in [0.5, 0.6) is 0 Å². The van der Waals surface area contributed by atoms with Crippen LogP contribution in [-0.4, -0.2) is 70.8 Å². The number of nitrogens with zero attached hydrogens (tertiary/aromatic N) is 4. The predicted octanol–water partition coefficient (Wildman–Crippen LogP) is -0.542. The average molecular weight is 263 g/mol. The summed E-state index contributed by atoms with van der Waals surface area (Å²) >= 11 is 0. The van der Waals surface area contributed by atoms with Crippen molar-refractivity contribution in [3.8, 4) is 0 Å². The van der Waals surface area contributed by atoms with E-state index in [1.54, 1.807) is 10.9 Å². The third-order valence-corrected chi connectivity index (χ3v) is 4.34. The standard InChI is InChI=1S/C13H21N5O/c1-10-12(9-15-16(10)2)13(19)18-5-3-17(4-6-18)11-7-14-8-11/h9,11,14H,3-8H2,1-2H3. The maximum atomic E-state index is 12.4. The fraction of sp³-hybridized carbons (Fsp3) is 0.692. The minimum Gasteiger partial charge on any atom is -0.336 e. The number of hydrogen-bond acceptors (Lipinski definition) is 4. The Kier molecular flexibility index (Phi) is 3.28. The lowest BCUT2D eigenvalue weighted by molar-refractivity contribution is 0.0501. The van der Waals surface area contributed by atoms with Gasteiger partial charge in [-0.15, -0.1) is 0 Å². The minimum absolute atomic E-state index is 0.122. The summed E-state index contributed by atoms with van der Waals surface area (Å²) in [5.41, 5.74) is 1.68. The first-order valence-electron chi connectivity index (χ1n) is 6.89. The quantitative estimate of drug-likeness (QED) is 0.778. The van der Waals surface area contributed by atoms with Gasteiger partial charge >= 0.3 is 0 Å². The molecule has 0 spiro atoms. The maximum absolute atomic E-state index is 12.4. The topological polar surface area (TPSA) is 53.4 Å². The molecule has 1 aromatic rings. The smallest absolute Gasteiger partial charge is 0.257 e. The summed E-state index contributed by atoms with van der Waals surface area (Å²) in [7, 11) is 1.87. The molecule has 0 bridgehead atoms. The van der Waals surface area contributed by atoms with Crippen molar-refractivity contribution < 1.29 is 4.79 Å². The van der Waals surface area contributed by atoms with Gasteiger partial charge in [-0.25, -0.2) is 0 Å². The molecule has 6 nitrogen and oxygen atoms in total. The molecule has 2 aliphatic rings. The number of hydrogen-bond donors (Lipinski definition) is 1. The molecule has 0 saturated carbocycles. The van der Waals surface area contributed by atoms with Crippen molar-refractivity contribution in [1.29, 1.82) is 0 Å². The Bertz CT molecular complexity index is 471. The van der Waals surface area contributed by atoms with E-state index in [-0.39, 0.29) is 5.91 Å². The minimum atomic E-state index is 0.122. The number of rotatable bonds is 2. The van der Waals surface area contributed by atoms with Crippen molar-refractivity contribution in [3.05, 3.63) is 17.5 Å². The third-order valence-electron chi connectivity index (χ3n) is 4.34. The molecule has 0 unspecified atom stereocenters. The van der Waals surface area contributed by atoms with Crippen LogP contribution in [0.25, 0.3) is 0 Å². The lowest BCUT2D eigenvalue weighted by Crippen LogP contribution is -2.62. The van der Waals surface area contributed by atoms with E-state index in [0.717, 1.165) is 50.5 Å². The van der Waals surface area contributed by atoms with E-state index < -0.39 is 0 Å². The highest BCUT2D eigenvalue weighted by atomic mass is 16.2. The first kappa shape index (κ1) is 12.6. The van der Waals surface area contributed by atoms with Crippen LogP contribution in [-0.2, 0) is 7.05 Å². The highest BCUT2D eigenvalue weighted by molar-refractivity contribution is 5.95. The van der Waals surface area contributed by atoms with Gasteiger partial charge in [0.2, 0.25) is 0 Å². The number of nitrogens with one attached hydrogen (secondary N) is 1. The van der Waals surface area contributed by atoms with E-state index in [9.17, 15) is 4.79 Å². The highest BCUT2D eigenvalue weighted by Gasteiger charge is 2.30. The summed E-state index contributed by atoms with van der Waals surface area (Å²) in [5, 5.41) is 7.44. The Labute approximate surface area is 113 Å². The molecule has 6 heteroatoms. The second-order valence-corrected chi connectivity index (χ2v) is 5.41. The molecule has 1 amide bonds. The summed E-state index contributed by atoms with van der Waals surface area (Å²) in [5.74, 6) is 0.122. The normalized spacial score (nSPS) is 21.5. The Morgan fingerprint density at radius 3 is 2.47 bits per heavy atom. The molecule has 104 valence electrons. The van der Waals surface area contributed by atoms with Crippen LogP contribution >= 0.6 is 0 Å². The first-order chi connectivity index (χ1) is 9.16. The fourth-order valence-electron chi connectivity index (χ4n) is 2.70. The molecular weight excluding hydrogens is 242 g/mol. The number of carbonyl (C=O) groups excluding carboxylic acids is 1. The van der Waals surface area contributed by atoms with Gasteiger partial charge in [-0.2, -0.15) is 5.10 Å². The number of piperazine rings is 1. The van der Waals surface area contributed by atoms with Gasteiger partial charge in [-0.05, 0) is 6.92 Å². The summed E-state index contributed by atoms with van der Waals surface area (Å²) in [6.45, 7) is 7.74. The molecule has 2 aliphatic heterocycles. The van der Waals surface area contributed by atoms with E-state index in [1.807, 2.05) is 18.9 Å². The van der Waals surface area contributed by atoms with Crippen LogP contribution in [0.1, 0.15) is 16.1 Å². The largest absolute Gasteiger partial charge is 0.336 e. The van der Waals surface area contributed by atoms with Crippen LogP contribution in [0.4, 0.5) is 0 Å². The Morgan fingerprint density at radius 2 is 2.00 bits per heavy atom. The van der Waals surface area contributed by atoms with Crippen LogP contribution in [0.15, 0.2) is 6.20 Å². The van der Waals surface area contributed by atoms with E-state index >= 15 is 0 Å². The molecule has 3 rings (SSSR count). The summed E-state index contributed by atoms with van der Waals surface area (Å²) in [6.07, 6.45) is 1.68. The van der Waals surface area contributed by atoms with E-state index in [0.29, 0.717) is 6.04 Å².